The average Bonchev–Trinajstić information content (AvgIpc) is 2.96. The molecule has 144 valence electrons. The van der Waals surface area contributed by atoms with Gasteiger partial charge in [0.1, 0.15) is 0 Å². The van der Waals surface area contributed by atoms with Crippen molar-refractivity contribution in [1.82, 2.24) is 4.90 Å². The first-order valence-corrected chi connectivity index (χ1v) is 10.5. The number of nitrogens with zero attached hydrogens (tertiary/aromatic N) is 1. The van der Waals surface area contributed by atoms with Crippen LogP contribution in [-0.4, -0.2) is 54.6 Å². The molecule has 1 fully saturated rings. The predicted octanol–water partition coefficient (Wildman–Crippen LogP) is 2.02. The van der Waals surface area contributed by atoms with E-state index in [2.05, 4.69) is 0 Å². The Morgan fingerprint density at radius 2 is 1.61 bits per heavy atom. The van der Waals surface area contributed by atoms with Gasteiger partial charge < -0.3 is 5.11 Å². The first-order valence-electron chi connectivity index (χ1n) is 8.92. The van der Waals surface area contributed by atoms with Crippen LogP contribution in [0.2, 0.25) is 0 Å². The molecule has 0 aliphatic carbocycles. The lowest BCUT2D eigenvalue weighted by Gasteiger charge is -2.33. The van der Waals surface area contributed by atoms with E-state index < -0.39 is 33.1 Å². The number of carboxylic acids is 1. The van der Waals surface area contributed by atoms with Gasteiger partial charge >= 0.3 is 5.97 Å². The number of benzene rings is 2. The van der Waals surface area contributed by atoms with Crippen LogP contribution in [0.3, 0.4) is 0 Å². The number of carbonyl (C=O) groups excluding carboxylic acids is 1. The van der Waals surface area contributed by atoms with Crippen LogP contribution in [-0.2, 0) is 19.4 Å². The molecule has 2 aliphatic heterocycles. The lowest BCUT2D eigenvalue weighted by molar-refractivity contribution is -0.134. The summed E-state index contributed by atoms with van der Waals surface area (Å²) in [5, 5.41) is 8.95. The Morgan fingerprint density at radius 3 is 2.18 bits per heavy atom. The third-order valence-corrected chi connectivity index (χ3v) is 7.79. The van der Waals surface area contributed by atoms with E-state index in [1.165, 1.54) is 12.1 Å². The van der Waals surface area contributed by atoms with Crippen molar-refractivity contribution in [3.8, 4) is 0 Å². The standard InChI is InChI=1S/C21H19NO5S/c1-22-15-12-16(28(26,27)14-10-6-3-7-11-14)19(22)18(21(24)25)17(20(15)23)13-8-4-2-5-9-13/h2-11,15-16,19H,12H2,1H3,(H,24,25). The van der Waals surface area contributed by atoms with Gasteiger partial charge in [-0.2, -0.15) is 0 Å². The van der Waals surface area contributed by atoms with Crippen molar-refractivity contribution in [2.24, 2.45) is 0 Å². The van der Waals surface area contributed by atoms with Gasteiger partial charge in [0, 0.05) is 5.57 Å². The van der Waals surface area contributed by atoms with Crippen molar-refractivity contribution >= 4 is 27.2 Å². The van der Waals surface area contributed by atoms with Crippen molar-refractivity contribution in [3.05, 3.63) is 71.8 Å². The summed E-state index contributed by atoms with van der Waals surface area (Å²) in [6, 6.07) is 15.0. The molecule has 0 radical (unpaired) electrons. The molecule has 7 heteroatoms. The summed E-state index contributed by atoms with van der Waals surface area (Å²) in [6.45, 7) is 0. The quantitative estimate of drug-likeness (QED) is 0.849. The van der Waals surface area contributed by atoms with Gasteiger partial charge in [-0.3, -0.25) is 9.69 Å². The van der Waals surface area contributed by atoms with E-state index in [0.717, 1.165) is 0 Å². The highest BCUT2D eigenvalue weighted by Gasteiger charge is 2.56. The summed E-state index contributed by atoms with van der Waals surface area (Å²) >= 11 is 0. The summed E-state index contributed by atoms with van der Waals surface area (Å²) in [4.78, 5) is 27.1. The van der Waals surface area contributed by atoms with Crippen molar-refractivity contribution < 1.29 is 23.1 Å². The zero-order valence-corrected chi connectivity index (χ0v) is 16.0. The maximum absolute atomic E-state index is 13.3. The van der Waals surface area contributed by atoms with Crippen LogP contribution in [0, 0.1) is 0 Å². The van der Waals surface area contributed by atoms with Gasteiger partial charge in [0.05, 0.1) is 27.8 Å². The van der Waals surface area contributed by atoms with Crippen molar-refractivity contribution in [2.45, 2.75) is 28.6 Å². The number of hydrogen-bond acceptors (Lipinski definition) is 5. The molecule has 0 amide bonds. The van der Waals surface area contributed by atoms with Crippen LogP contribution >= 0.6 is 0 Å². The maximum Gasteiger partial charge on any atom is 0.333 e. The number of sulfone groups is 1. The van der Waals surface area contributed by atoms with E-state index in [0.29, 0.717) is 5.56 Å². The molecule has 4 rings (SSSR count). The zero-order chi connectivity index (χ0) is 20.1. The monoisotopic (exact) mass is 397 g/mol. The van der Waals surface area contributed by atoms with Crippen LogP contribution in [0.15, 0.2) is 71.1 Å². The minimum Gasteiger partial charge on any atom is -0.478 e. The summed E-state index contributed by atoms with van der Waals surface area (Å²) in [5.41, 5.74) is 0.481. The number of hydrogen-bond donors (Lipinski definition) is 1. The number of fused-ring (bicyclic) bond motifs is 2. The molecule has 2 aromatic carbocycles. The number of carbonyl (C=O) groups is 2. The molecule has 0 saturated carbocycles. The molecule has 2 heterocycles. The number of likely N-dealkylation sites (N-methyl/N-ethyl adjacent to an activating group) is 1. The lowest BCUT2D eigenvalue weighted by Crippen LogP contribution is -2.48. The Morgan fingerprint density at radius 1 is 1.04 bits per heavy atom. The Bertz CT molecular complexity index is 1080. The largest absolute Gasteiger partial charge is 0.478 e. The zero-order valence-electron chi connectivity index (χ0n) is 15.1. The third-order valence-electron chi connectivity index (χ3n) is 5.62. The molecule has 2 aliphatic rings. The Labute approximate surface area is 163 Å². The number of Topliss-reactive ketones (excluding diaryl/α,β-unsaturated/α-hetero) is 1. The lowest BCUT2D eigenvalue weighted by atomic mass is 9.88. The van der Waals surface area contributed by atoms with Gasteiger partial charge in [0.2, 0.25) is 0 Å². The average molecular weight is 397 g/mol. The highest BCUT2D eigenvalue weighted by molar-refractivity contribution is 7.92. The van der Waals surface area contributed by atoms with E-state index in [9.17, 15) is 23.1 Å². The molecule has 0 spiro atoms. The Hall–Kier alpha value is -2.77. The predicted molar refractivity (Wildman–Crippen MR) is 103 cm³/mol. The minimum atomic E-state index is -3.81. The third kappa shape index (κ3) is 2.70. The fraction of sp³-hybridized carbons (Fsp3) is 0.238. The molecule has 2 aromatic rings. The Balaban J connectivity index is 1.92. The minimum absolute atomic E-state index is 0.0738. The topological polar surface area (TPSA) is 91.8 Å². The molecule has 28 heavy (non-hydrogen) atoms. The molecule has 2 bridgehead atoms. The smallest absolute Gasteiger partial charge is 0.333 e. The first kappa shape index (κ1) is 18.6. The van der Waals surface area contributed by atoms with Crippen molar-refractivity contribution in [2.75, 3.05) is 7.05 Å². The van der Waals surface area contributed by atoms with Gasteiger partial charge in [-0.15, -0.1) is 0 Å². The fourth-order valence-electron chi connectivity index (χ4n) is 4.32. The summed E-state index contributed by atoms with van der Waals surface area (Å²) < 4.78 is 26.6. The van der Waals surface area contributed by atoms with E-state index in [-0.39, 0.29) is 28.2 Å². The molecule has 1 N–H and O–H groups in total. The van der Waals surface area contributed by atoms with Crippen molar-refractivity contribution in [1.29, 1.82) is 0 Å². The highest BCUT2D eigenvalue weighted by atomic mass is 32.2. The second-order valence-electron chi connectivity index (χ2n) is 7.08. The van der Waals surface area contributed by atoms with Crippen LogP contribution < -0.4 is 0 Å². The van der Waals surface area contributed by atoms with Crippen LogP contribution in [0.5, 0.6) is 0 Å². The number of rotatable bonds is 4. The van der Waals surface area contributed by atoms with Gasteiger partial charge in [-0.05, 0) is 31.2 Å². The summed E-state index contributed by atoms with van der Waals surface area (Å²) in [7, 11) is -2.19. The van der Waals surface area contributed by atoms with Gasteiger partial charge in [0.15, 0.2) is 15.6 Å². The molecule has 1 saturated heterocycles. The van der Waals surface area contributed by atoms with E-state index in [1.54, 1.807) is 60.5 Å². The van der Waals surface area contributed by atoms with E-state index in [4.69, 9.17) is 0 Å². The second-order valence-corrected chi connectivity index (χ2v) is 9.25. The molecular formula is C21H19NO5S. The fourth-order valence-corrected chi connectivity index (χ4v) is 6.31. The summed E-state index contributed by atoms with van der Waals surface area (Å²) in [5.74, 6) is -1.61. The first-order chi connectivity index (χ1) is 13.3. The van der Waals surface area contributed by atoms with E-state index >= 15 is 0 Å². The number of aliphatic carboxylic acids is 1. The van der Waals surface area contributed by atoms with Crippen LogP contribution in [0.25, 0.3) is 5.57 Å². The van der Waals surface area contributed by atoms with Crippen LogP contribution in [0.4, 0.5) is 0 Å². The van der Waals surface area contributed by atoms with Gasteiger partial charge in [-0.25, -0.2) is 13.2 Å². The Kier molecular flexibility index (Phi) is 4.44. The van der Waals surface area contributed by atoms with Crippen molar-refractivity contribution in [3.63, 3.8) is 0 Å². The van der Waals surface area contributed by atoms with Crippen LogP contribution in [0.1, 0.15) is 12.0 Å². The number of carboxylic acid groups (broad SMARTS) is 1. The number of ketones is 1. The molecule has 6 nitrogen and oxygen atoms in total. The van der Waals surface area contributed by atoms with E-state index in [1.807, 2.05) is 0 Å². The van der Waals surface area contributed by atoms with Gasteiger partial charge in [0.25, 0.3) is 0 Å². The summed E-state index contributed by atoms with van der Waals surface area (Å²) in [6.07, 6.45) is 0.0738. The highest BCUT2D eigenvalue weighted by Crippen LogP contribution is 2.44. The second kappa shape index (κ2) is 6.68. The maximum atomic E-state index is 13.3. The molecule has 0 aromatic heterocycles. The normalized spacial score (nSPS) is 25.2. The SMILES string of the molecule is CN1C2CC(S(=O)(=O)c3ccccc3)C1C(C(=O)O)=C(c1ccccc1)C2=O. The molecule has 3 atom stereocenters. The molecular weight excluding hydrogens is 378 g/mol. The van der Waals surface area contributed by atoms with Gasteiger partial charge in [-0.1, -0.05) is 48.5 Å². The molecule has 3 unspecified atom stereocenters.